The largest absolute Gasteiger partial charge is 0.497 e. The Bertz CT molecular complexity index is 1270. The third-order valence-corrected chi connectivity index (χ3v) is 7.92. The molecule has 1 atom stereocenters. The Kier molecular flexibility index (Phi) is 10.5. The molecule has 40 heavy (non-hydrogen) atoms. The number of ketones is 1. The van der Waals surface area contributed by atoms with Crippen molar-refractivity contribution in [1.82, 2.24) is 0 Å². The van der Waals surface area contributed by atoms with E-state index in [0.717, 1.165) is 42.6 Å². The second kappa shape index (κ2) is 14.2. The fourth-order valence-corrected chi connectivity index (χ4v) is 5.61. The van der Waals surface area contributed by atoms with Gasteiger partial charge in [-0.15, -0.1) is 0 Å². The Morgan fingerprint density at radius 2 is 1.52 bits per heavy atom. The van der Waals surface area contributed by atoms with E-state index in [-0.39, 0.29) is 18.1 Å². The van der Waals surface area contributed by atoms with Gasteiger partial charge < -0.3 is 14.2 Å². The van der Waals surface area contributed by atoms with Crippen LogP contribution in [-0.4, -0.2) is 33.0 Å². The number of amides is 1. The van der Waals surface area contributed by atoms with Crippen molar-refractivity contribution in [3.63, 3.8) is 0 Å². The standard InChI is InChI=1S/C33H38ClNO5/c1-38-28-17-9-23(10-18-28)11-20-32(37)35(27-16-19-30(39-2)31(22-27)40-3)33(25-12-14-26(34)15-13-25)29(36)21-24-7-5-4-6-8-24/h9-10,12-19,22,24,33H,4-8,11,20-21H2,1-3H3. The molecule has 3 aromatic rings. The number of methoxy groups -OCH3 is 3. The number of rotatable bonds is 12. The smallest absolute Gasteiger partial charge is 0.228 e. The average Bonchev–Trinajstić information content (AvgIpc) is 2.99. The van der Waals surface area contributed by atoms with Gasteiger partial charge in [0.15, 0.2) is 17.3 Å². The molecule has 1 aliphatic carbocycles. The molecule has 1 unspecified atom stereocenters. The zero-order valence-corrected chi connectivity index (χ0v) is 24.3. The Morgan fingerprint density at radius 1 is 0.850 bits per heavy atom. The first-order valence-corrected chi connectivity index (χ1v) is 14.3. The van der Waals surface area contributed by atoms with Crippen LogP contribution in [0.2, 0.25) is 5.02 Å². The monoisotopic (exact) mass is 563 g/mol. The molecule has 0 bridgehead atoms. The van der Waals surface area contributed by atoms with Gasteiger partial charge in [0.25, 0.3) is 0 Å². The summed E-state index contributed by atoms with van der Waals surface area (Å²) in [6.45, 7) is 0. The van der Waals surface area contributed by atoms with Crippen LogP contribution in [0.1, 0.15) is 62.1 Å². The number of carbonyl (C=O) groups is 2. The second-order valence-corrected chi connectivity index (χ2v) is 10.7. The highest BCUT2D eigenvalue weighted by Crippen LogP contribution is 2.38. The molecule has 1 saturated carbocycles. The fraction of sp³-hybridized carbons (Fsp3) is 0.394. The Hall–Kier alpha value is -3.51. The molecular weight excluding hydrogens is 526 g/mol. The normalized spacial score (nSPS) is 14.3. The number of Topliss-reactive ketones (excluding diaryl/α,β-unsaturated/α-hetero) is 1. The highest BCUT2D eigenvalue weighted by Gasteiger charge is 2.34. The molecule has 0 N–H and O–H groups in total. The first kappa shape index (κ1) is 29.5. The minimum Gasteiger partial charge on any atom is -0.497 e. The predicted octanol–water partition coefficient (Wildman–Crippen LogP) is 7.61. The van der Waals surface area contributed by atoms with Crippen LogP contribution in [0.4, 0.5) is 5.69 Å². The lowest BCUT2D eigenvalue weighted by Gasteiger charge is -2.33. The minimum absolute atomic E-state index is 0.0294. The molecule has 0 aromatic heterocycles. The molecule has 0 heterocycles. The van der Waals surface area contributed by atoms with E-state index in [1.165, 1.54) is 6.42 Å². The maximum atomic E-state index is 14.1. The van der Waals surface area contributed by atoms with Crippen molar-refractivity contribution in [2.24, 2.45) is 5.92 Å². The Morgan fingerprint density at radius 3 is 2.15 bits per heavy atom. The van der Waals surface area contributed by atoms with Gasteiger partial charge in [0.1, 0.15) is 11.8 Å². The van der Waals surface area contributed by atoms with E-state index in [9.17, 15) is 9.59 Å². The Labute approximate surface area is 242 Å². The number of benzene rings is 3. The zero-order valence-electron chi connectivity index (χ0n) is 23.5. The van der Waals surface area contributed by atoms with Crippen molar-refractivity contribution < 1.29 is 23.8 Å². The maximum Gasteiger partial charge on any atom is 0.228 e. The van der Waals surface area contributed by atoms with Gasteiger partial charge in [-0.1, -0.05) is 68.0 Å². The van der Waals surface area contributed by atoms with Crippen LogP contribution in [0.15, 0.2) is 66.7 Å². The number of carbonyl (C=O) groups excluding carboxylic acids is 2. The summed E-state index contributed by atoms with van der Waals surface area (Å²) in [7, 11) is 4.75. The summed E-state index contributed by atoms with van der Waals surface area (Å²) in [6, 6.07) is 19.5. The highest BCUT2D eigenvalue weighted by molar-refractivity contribution is 6.30. The fourth-order valence-electron chi connectivity index (χ4n) is 5.49. The molecule has 3 aromatic carbocycles. The van der Waals surface area contributed by atoms with Crippen molar-refractivity contribution >= 4 is 29.0 Å². The van der Waals surface area contributed by atoms with Crippen molar-refractivity contribution in [2.45, 2.75) is 57.4 Å². The molecule has 4 rings (SSSR count). The molecule has 0 saturated heterocycles. The quantitative estimate of drug-likeness (QED) is 0.227. The molecule has 0 aliphatic heterocycles. The number of halogens is 1. The molecule has 1 fully saturated rings. The molecule has 1 aliphatic rings. The van der Waals surface area contributed by atoms with Crippen molar-refractivity contribution in [3.05, 3.63) is 82.9 Å². The number of aryl methyl sites for hydroxylation is 1. The van der Waals surface area contributed by atoms with Gasteiger partial charge in [-0.05, 0) is 59.9 Å². The zero-order chi connectivity index (χ0) is 28.5. The van der Waals surface area contributed by atoms with E-state index in [2.05, 4.69) is 0 Å². The van der Waals surface area contributed by atoms with Gasteiger partial charge in [-0.3, -0.25) is 14.5 Å². The predicted molar refractivity (Wildman–Crippen MR) is 159 cm³/mol. The molecule has 0 spiro atoms. The molecular formula is C33H38ClNO5. The van der Waals surface area contributed by atoms with Crippen LogP contribution in [0.5, 0.6) is 17.2 Å². The van der Waals surface area contributed by atoms with E-state index in [4.69, 9.17) is 25.8 Å². The lowest BCUT2D eigenvalue weighted by Crippen LogP contribution is -2.40. The van der Waals surface area contributed by atoms with Crippen LogP contribution in [-0.2, 0) is 16.0 Å². The Balaban J connectivity index is 1.73. The first-order valence-electron chi connectivity index (χ1n) is 13.9. The van der Waals surface area contributed by atoms with E-state index in [1.54, 1.807) is 50.5 Å². The first-order chi connectivity index (χ1) is 19.4. The van der Waals surface area contributed by atoms with Gasteiger partial charge in [0, 0.05) is 29.6 Å². The summed E-state index contributed by atoms with van der Waals surface area (Å²) in [5.41, 5.74) is 2.32. The molecule has 0 radical (unpaired) electrons. The molecule has 212 valence electrons. The number of ether oxygens (including phenoxy) is 3. The van der Waals surface area contributed by atoms with Crippen molar-refractivity contribution in [2.75, 3.05) is 26.2 Å². The van der Waals surface area contributed by atoms with Crippen LogP contribution in [0, 0.1) is 5.92 Å². The van der Waals surface area contributed by atoms with E-state index < -0.39 is 6.04 Å². The summed E-state index contributed by atoms with van der Waals surface area (Å²) in [5.74, 6) is 2.01. The lowest BCUT2D eigenvalue weighted by molar-refractivity contribution is -0.126. The van der Waals surface area contributed by atoms with E-state index in [0.29, 0.717) is 41.0 Å². The highest BCUT2D eigenvalue weighted by atomic mass is 35.5. The third-order valence-electron chi connectivity index (χ3n) is 7.66. The van der Waals surface area contributed by atoms with Crippen LogP contribution < -0.4 is 19.1 Å². The minimum atomic E-state index is -0.791. The van der Waals surface area contributed by atoms with Gasteiger partial charge in [0.2, 0.25) is 5.91 Å². The SMILES string of the molecule is COc1ccc(CCC(=O)N(c2ccc(OC)c(OC)c2)C(C(=O)CC2CCCCC2)c2ccc(Cl)cc2)cc1. The van der Waals surface area contributed by atoms with Crippen molar-refractivity contribution in [3.8, 4) is 17.2 Å². The summed E-state index contributed by atoms with van der Waals surface area (Å²) in [5, 5.41) is 0.575. The number of hydrogen-bond donors (Lipinski definition) is 0. The summed E-state index contributed by atoms with van der Waals surface area (Å²) in [4.78, 5) is 29.9. The number of anilines is 1. The molecule has 1 amide bonds. The second-order valence-electron chi connectivity index (χ2n) is 10.3. The van der Waals surface area contributed by atoms with Crippen LogP contribution in [0.25, 0.3) is 0 Å². The average molecular weight is 564 g/mol. The number of nitrogens with zero attached hydrogens (tertiary/aromatic N) is 1. The van der Waals surface area contributed by atoms with E-state index >= 15 is 0 Å². The van der Waals surface area contributed by atoms with Crippen LogP contribution in [0.3, 0.4) is 0 Å². The van der Waals surface area contributed by atoms with Gasteiger partial charge in [-0.2, -0.15) is 0 Å². The summed E-state index contributed by atoms with van der Waals surface area (Å²) in [6.07, 6.45) is 6.77. The lowest BCUT2D eigenvalue weighted by atomic mass is 9.83. The topological polar surface area (TPSA) is 65.1 Å². The molecule has 7 heteroatoms. The number of hydrogen-bond acceptors (Lipinski definition) is 5. The van der Waals surface area contributed by atoms with Crippen molar-refractivity contribution in [1.29, 1.82) is 0 Å². The van der Waals surface area contributed by atoms with Gasteiger partial charge >= 0.3 is 0 Å². The van der Waals surface area contributed by atoms with E-state index in [1.807, 2.05) is 42.5 Å². The third kappa shape index (κ3) is 7.36. The van der Waals surface area contributed by atoms with Gasteiger partial charge in [0.05, 0.1) is 21.3 Å². The summed E-state index contributed by atoms with van der Waals surface area (Å²) >= 11 is 6.22. The molecule has 6 nitrogen and oxygen atoms in total. The van der Waals surface area contributed by atoms with Gasteiger partial charge in [-0.25, -0.2) is 0 Å². The maximum absolute atomic E-state index is 14.1. The van der Waals surface area contributed by atoms with Crippen LogP contribution >= 0.6 is 11.6 Å². The summed E-state index contributed by atoms with van der Waals surface area (Å²) < 4.78 is 16.3.